The highest BCUT2D eigenvalue weighted by Gasteiger charge is 2.32. The molecule has 4 unspecified atom stereocenters. The lowest BCUT2D eigenvalue weighted by Crippen LogP contribution is -2.44. The molecular weight excluding hydrogens is 228 g/mol. The standard InChI is InChI=1S/C14H26N2O2/c1-10-12(3-2-4-13(10)15)14(17)16-7-5-11-6-8-18-9-11/h10-13H,2-9,15H2,1H3,(H,16,17). The smallest absolute Gasteiger partial charge is 0.223 e. The third-order valence-electron chi connectivity index (χ3n) is 4.58. The average Bonchev–Trinajstić information content (AvgIpc) is 2.85. The first-order chi connectivity index (χ1) is 8.68. The van der Waals surface area contributed by atoms with Gasteiger partial charge in [-0.15, -0.1) is 0 Å². The molecule has 3 N–H and O–H groups in total. The summed E-state index contributed by atoms with van der Waals surface area (Å²) in [6.07, 6.45) is 5.32. The van der Waals surface area contributed by atoms with Crippen molar-refractivity contribution in [2.75, 3.05) is 19.8 Å². The molecule has 1 aliphatic heterocycles. The molecule has 2 fully saturated rings. The van der Waals surface area contributed by atoms with Crippen LogP contribution in [0.25, 0.3) is 0 Å². The van der Waals surface area contributed by atoms with Crippen LogP contribution in [0.5, 0.6) is 0 Å². The van der Waals surface area contributed by atoms with Crippen LogP contribution in [0.4, 0.5) is 0 Å². The molecular formula is C14H26N2O2. The number of nitrogens with two attached hydrogens (primary N) is 1. The molecule has 2 rings (SSSR count). The molecule has 4 atom stereocenters. The summed E-state index contributed by atoms with van der Waals surface area (Å²) < 4.78 is 5.33. The largest absolute Gasteiger partial charge is 0.381 e. The Balaban J connectivity index is 1.70. The summed E-state index contributed by atoms with van der Waals surface area (Å²) in [6.45, 7) is 4.64. The highest BCUT2D eigenvalue weighted by Crippen LogP contribution is 2.29. The van der Waals surface area contributed by atoms with E-state index in [9.17, 15) is 4.79 Å². The summed E-state index contributed by atoms with van der Waals surface area (Å²) in [6, 6.07) is 0.192. The Hall–Kier alpha value is -0.610. The molecule has 2 aliphatic rings. The van der Waals surface area contributed by atoms with Gasteiger partial charge in [0.2, 0.25) is 5.91 Å². The van der Waals surface area contributed by atoms with Gasteiger partial charge < -0.3 is 15.8 Å². The highest BCUT2D eigenvalue weighted by atomic mass is 16.5. The predicted octanol–water partition coefficient (Wildman–Crippen LogP) is 1.29. The van der Waals surface area contributed by atoms with Crippen molar-refractivity contribution < 1.29 is 9.53 Å². The summed E-state index contributed by atoms with van der Waals surface area (Å²) in [5, 5.41) is 3.08. The van der Waals surface area contributed by atoms with Gasteiger partial charge in [-0.1, -0.05) is 13.3 Å². The van der Waals surface area contributed by atoms with Gasteiger partial charge in [-0.25, -0.2) is 0 Å². The number of carbonyl (C=O) groups is 1. The average molecular weight is 254 g/mol. The monoisotopic (exact) mass is 254 g/mol. The van der Waals surface area contributed by atoms with Crippen molar-refractivity contribution in [1.29, 1.82) is 0 Å². The molecule has 1 saturated carbocycles. The minimum absolute atomic E-state index is 0.119. The Bertz CT molecular complexity index is 277. The molecule has 0 bridgehead atoms. The topological polar surface area (TPSA) is 64.4 Å². The third-order valence-corrected chi connectivity index (χ3v) is 4.58. The minimum Gasteiger partial charge on any atom is -0.381 e. The van der Waals surface area contributed by atoms with E-state index in [4.69, 9.17) is 10.5 Å². The minimum atomic E-state index is 0.119. The molecule has 1 amide bonds. The molecule has 0 aromatic carbocycles. The molecule has 4 heteroatoms. The van der Waals surface area contributed by atoms with Crippen LogP contribution in [-0.4, -0.2) is 31.7 Å². The van der Waals surface area contributed by atoms with Gasteiger partial charge in [0.15, 0.2) is 0 Å². The zero-order valence-electron chi connectivity index (χ0n) is 11.4. The van der Waals surface area contributed by atoms with Crippen LogP contribution in [0.2, 0.25) is 0 Å². The van der Waals surface area contributed by atoms with Crippen LogP contribution in [0.3, 0.4) is 0 Å². The maximum Gasteiger partial charge on any atom is 0.223 e. The normalized spacial score (nSPS) is 36.6. The molecule has 4 nitrogen and oxygen atoms in total. The second-order valence-electron chi connectivity index (χ2n) is 5.87. The number of amides is 1. The maximum atomic E-state index is 12.1. The first kappa shape index (κ1) is 13.8. The number of rotatable bonds is 4. The van der Waals surface area contributed by atoms with Crippen LogP contribution >= 0.6 is 0 Å². The van der Waals surface area contributed by atoms with Crippen LogP contribution < -0.4 is 11.1 Å². The van der Waals surface area contributed by atoms with E-state index in [1.165, 1.54) is 0 Å². The number of nitrogens with one attached hydrogen (secondary N) is 1. The van der Waals surface area contributed by atoms with Crippen LogP contribution in [0.1, 0.15) is 39.0 Å². The Kier molecular flexibility index (Phi) is 5.01. The van der Waals surface area contributed by atoms with Crippen LogP contribution in [-0.2, 0) is 9.53 Å². The van der Waals surface area contributed by atoms with E-state index in [1.807, 2.05) is 0 Å². The fraction of sp³-hybridized carbons (Fsp3) is 0.929. The Labute approximate surface area is 110 Å². The number of carbonyl (C=O) groups excluding carboxylic acids is 1. The van der Waals surface area contributed by atoms with E-state index in [-0.39, 0.29) is 17.9 Å². The van der Waals surface area contributed by atoms with Gasteiger partial charge in [-0.3, -0.25) is 4.79 Å². The summed E-state index contributed by atoms with van der Waals surface area (Å²) in [4.78, 5) is 12.1. The van der Waals surface area contributed by atoms with Crippen molar-refractivity contribution >= 4 is 5.91 Å². The molecule has 18 heavy (non-hydrogen) atoms. The lowest BCUT2D eigenvalue weighted by atomic mass is 9.77. The van der Waals surface area contributed by atoms with Gasteiger partial charge >= 0.3 is 0 Å². The second kappa shape index (κ2) is 6.53. The molecule has 0 radical (unpaired) electrons. The summed E-state index contributed by atoms with van der Waals surface area (Å²) in [5.41, 5.74) is 6.04. The van der Waals surface area contributed by atoms with E-state index in [0.717, 1.165) is 51.9 Å². The van der Waals surface area contributed by atoms with E-state index < -0.39 is 0 Å². The van der Waals surface area contributed by atoms with Crippen LogP contribution in [0.15, 0.2) is 0 Å². The molecule has 1 aliphatic carbocycles. The fourth-order valence-corrected chi connectivity index (χ4v) is 3.11. The highest BCUT2D eigenvalue weighted by molar-refractivity contribution is 5.79. The van der Waals surface area contributed by atoms with Crippen molar-refractivity contribution in [3.63, 3.8) is 0 Å². The van der Waals surface area contributed by atoms with Gasteiger partial charge in [-0.2, -0.15) is 0 Å². The van der Waals surface area contributed by atoms with E-state index in [2.05, 4.69) is 12.2 Å². The predicted molar refractivity (Wildman–Crippen MR) is 71.0 cm³/mol. The van der Waals surface area contributed by atoms with Crippen molar-refractivity contribution in [2.45, 2.75) is 45.1 Å². The molecule has 104 valence electrons. The van der Waals surface area contributed by atoms with Gasteiger partial charge in [0, 0.05) is 31.7 Å². The lowest BCUT2D eigenvalue weighted by molar-refractivity contribution is -0.127. The second-order valence-corrected chi connectivity index (χ2v) is 5.87. The van der Waals surface area contributed by atoms with Gasteiger partial charge in [0.1, 0.15) is 0 Å². The van der Waals surface area contributed by atoms with Crippen molar-refractivity contribution in [1.82, 2.24) is 5.32 Å². The summed E-state index contributed by atoms with van der Waals surface area (Å²) in [7, 11) is 0. The quantitative estimate of drug-likeness (QED) is 0.794. The molecule has 0 aromatic rings. The molecule has 0 aromatic heterocycles. The number of hydrogen-bond donors (Lipinski definition) is 2. The van der Waals surface area contributed by atoms with Crippen LogP contribution in [0, 0.1) is 17.8 Å². The van der Waals surface area contributed by atoms with E-state index >= 15 is 0 Å². The van der Waals surface area contributed by atoms with Crippen molar-refractivity contribution in [3.05, 3.63) is 0 Å². The number of hydrogen-bond acceptors (Lipinski definition) is 3. The SMILES string of the molecule is CC1C(N)CCCC1C(=O)NCCC1CCOC1. The molecule has 1 heterocycles. The Morgan fingerprint density at radius 1 is 1.39 bits per heavy atom. The Morgan fingerprint density at radius 3 is 2.94 bits per heavy atom. The first-order valence-corrected chi connectivity index (χ1v) is 7.29. The zero-order chi connectivity index (χ0) is 13.0. The maximum absolute atomic E-state index is 12.1. The lowest BCUT2D eigenvalue weighted by Gasteiger charge is -2.32. The van der Waals surface area contributed by atoms with Crippen molar-refractivity contribution in [2.24, 2.45) is 23.5 Å². The van der Waals surface area contributed by atoms with E-state index in [1.54, 1.807) is 0 Å². The molecule has 0 spiro atoms. The van der Waals surface area contributed by atoms with Crippen molar-refractivity contribution in [3.8, 4) is 0 Å². The Morgan fingerprint density at radius 2 is 2.22 bits per heavy atom. The van der Waals surface area contributed by atoms with Gasteiger partial charge in [0.05, 0.1) is 0 Å². The summed E-state index contributed by atoms with van der Waals surface area (Å²) in [5.74, 6) is 1.27. The molecule has 1 saturated heterocycles. The van der Waals surface area contributed by atoms with Gasteiger partial charge in [-0.05, 0) is 37.5 Å². The first-order valence-electron chi connectivity index (χ1n) is 7.29. The zero-order valence-corrected chi connectivity index (χ0v) is 11.4. The summed E-state index contributed by atoms with van der Waals surface area (Å²) >= 11 is 0. The van der Waals surface area contributed by atoms with Gasteiger partial charge in [0.25, 0.3) is 0 Å². The fourth-order valence-electron chi connectivity index (χ4n) is 3.11. The number of ether oxygens (including phenoxy) is 1. The van der Waals surface area contributed by atoms with E-state index in [0.29, 0.717) is 11.8 Å². The third kappa shape index (κ3) is 3.45.